The van der Waals surface area contributed by atoms with Gasteiger partial charge >= 0.3 is 5.51 Å². The Morgan fingerprint density at radius 3 is 2.27 bits per heavy atom. The molecule has 15 heavy (non-hydrogen) atoms. The van der Waals surface area contributed by atoms with Crippen LogP contribution in [0.4, 0.5) is 13.2 Å². The van der Waals surface area contributed by atoms with Crippen LogP contribution in [0.3, 0.4) is 0 Å². The standard InChI is InChI=1S/C11H9F3S/c12-11(13,14)15-9-5-4-8-10-6-2-1-3-7-10/h1-9H/b8-4+,9-5+. The lowest BCUT2D eigenvalue weighted by molar-refractivity contribution is -0.0319. The predicted molar refractivity (Wildman–Crippen MR) is 58.3 cm³/mol. The molecule has 0 saturated carbocycles. The minimum absolute atomic E-state index is 0.163. The highest BCUT2D eigenvalue weighted by Gasteiger charge is 2.26. The van der Waals surface area contributed by atoms with Crippen molar-refractivity contribution in [3.8, 4) is 0 Å². The first-order chi connectivity index (χ1) is 7.08. The van der Waals surface area contributed by atoms with Crippen molar-refractivity contribution >= 4 is 17.8 Å². The lowest BCUT2D eigenvalue weighted by Gasteiger charge is -1.97. The quantitative estimate of drug-likeness (QED) is 0.690. The molecule has 0 N–H and O–H groups in total. The topological polar surface area (TPSA) is 0 Å². The van der Waals surface area contributed by atoms with Crippen molar-refractivity contribution in [2.24, 2.45) is 0 Å². The third kappa shape index (κ3) is 6.01. The third-order valence-electron chi connectivity index (χ3n) is 1.48. The van der Waals surface area contributed by atoms with Crippen LogP contribution < -0.4 is 0 Å². The van der Waals surface area contributed by atoms with E-state index in [9.17, 15) is 13.2 Å². The summed E-state index contributed by atoms with van der Waals surface area (Å²) in [6.07, 6.45) is 4.69. The summed E-state index contributed by atoms with van der Waals surface area (Å²) in [6.45, 7) is 0. The minimum atomic E-state index is -4.20. The van der Waals surface area contributed by atoms with Crippen LogP contribution in [0, 0.1) is 0 Å². The van der Waals surface area contributed by atoms with Crippen molar-refractivity contribution < 1.29 is 13.2 Å². The van der Waals surface area contributed by atoms with Gasteiger partial charge in [0.15, 0.2) is 0 Å². The van der Waals surface area contributed by atoms with Crippen molar-refractivity contribution in [2.75, 3.05) is 0 Å². The first-order valence-electron chi connectivity index (χ1n) is 4.21. The highest BCUT2D eigenvalue weighted by atomic mass is 32.2. The Morgan fingerprint density at radius 2 is 1.67 bits per heavy atom. The van der Waals surface area contributed by atoms with Crippen LogP contribution >= 0.6 is 11.8 Å². The van der Waals surface area contributed by atoms with E-state index in [0.717, 1.165) is 11.0 Å². The Morgan fingerprint density at radius 1 is 1.00 bits per heavy atom. The van der Waals surface area contributed by atoms with Crippen molar-refractivity contribution in [1.29, 1.82) is 0 Å². The predicted octanol–water partition coefficient (Wildman–Crippen LogP) is 4.47. The molecular formula is C11H9F3S. The van der Waals surface area contributed by atoms with Gasteiger partial charge < -0.3 is 0 Å². The molecule has 0 bridgehead atoms. The maximum Gasteiger partial charge on any atom is 0.445 e. The van der Waals surface area contributed by atoms with E-state index in [1.165, 1.54) is 6.08 Å². The van der Waals surface area contributed by atoms with Gasteiger partial charge in [0.2, 0.25) is 0 Å². The molecule has 1 rings (SSSR count). The second-order valence-corrected chi connectivity index (χ2v) is 3.63. The molecule has 0 aliphatic carbocycles. The number of alkyl halides is 3. The summed E-state index contributed by atoms with van der Waals surface area (Å²) in [5, 5.41) is 1.01. The third-order valence-corrected chi connectivity index (χ3v) is 2.04. The van der Waals surface area contributed by atoms with E-state index in [1.807, 2.05) is 30.3 Å². The van der Waals surface area contributed by atoms with Crippen LogP contribution in [0.2, 0.25) is 0 Å². The molecule has 0 aromatic heterocycles. The molecule has 0 unspecified atom stereocenters. The van der Waals surface area contributed by atoms with E-state index < -0.39 is 5.51 Å². The van der Waals surface area contributed by atoms with E-state index in [0.29, 0.717) is 0 Å². The van der Waals surface area contributed by atoms with Gasteiger partial charge in [0.1, 0.15) is 0 Å². The molecule has 0 radical (unpaired) electrons. The van der Waals surface area contributed by atoms with Crippen LogP contribution in [0.5, 0.6) is 0 Å². The molecule has 0 heterocycles. The van der Waals surface area contributed by atoms with Crippen molar-refractivity contribution in [3.05, 3.63) is 53.5 Å². The minimum Gasteiger partial charge on any atom is -0.160 e. The number of hydrogen-bond acceptors (Lipinski definition) is 1. The number of allylic oxidation sites excluding steroid dienone is 2. The average Bonchev–Trinajstić information content (AvgIpc) is 2.17. The highest BCUT2D eigenvalue weighted by Crippen LogP contribution is 2.30. The zero-order chi connectivity index (χ0) is 11.1. The monoisotopic (exact) mass is 230 g/mol. The van der Waals surface area contributed by atoms with Crippen LogP contribution in [-0.4, -0.2) is 5.51 Å². The van der Waals surface area contributed by atoms with Crippen LogP contribution in [0.1, 0.15) is 5.56 Å². The van der Waals surface area contributed by atoms with Crippen LogP contribution in [-0.2, 0) is 0 Å². The average molecular weight is 230 g/mol. The molecule has 80 valence electrons. The zero-order valence-electron chi connectivity index (χ0n) is 7.74. The molecule has 0 atom stereocenters. The maximum absolute atomic E-state index is 11.7. The van der Waals surface area contributed by atoms with Gasteiger partial charge in [0.05, 0.1) is 0 Å². The lowest BCUT2D eigenvalue weighted by atomic mass is 10.2. The van der Waals surface area contributed by atoms with Gasteiger partial charge in [-0.25, -0.2) is 0 Å². The van der Waals surface area contributed by atoms with Gasteiger partial charge in [0, 0.05) is 0 Å². The molecule has 0 aliphatic rings. The first-order valence-corrected chi connectivity index (χ1v) is 5.09. The van der Waals surface area contributed by atoms with Gasteiger partial charge in [0.25, 0.3) is 0 Å². The van der Waals surface area contributed by atoms with E-state index in [1.54, 1.807) is 12.2 Å². The fourth-order valence-corrected chi connectivity index (χ4v) is 1.22. The smallest absolute Gasteiger partial charge is 0.160 e. The summed E-state index contributed by atoms with van der Waals surface area (Å²) in [5.74, 6) is 0. The van der Waals surface area contributed by atoms with Crippen molar-refractivity contribution in [1.82, 2.24) is 0 Å². The van der Waals surface area contributed by atoms with E-state index >= 15 is 0 Å². The van der Waals surface area contributed by atoms with Gasteiger partial charge in [-0.2, -0.15) is 13.2 Å². The summed E-state index contributed by atoms with van der Waals surface area (Å²) >= 11 is -0.163. The van der Waals surface area contributed by atoms with Crippen LogP contribution in [0.25, 0.3) is 6.08 Å². The van der Waals surface area contributed by atoms with E-state index in [4.69, 9.17) is 0 Å². The largest absolute Gasteiger partial charge is 0.445 e. The number of benzene rings is 1. The molecule has 0 fully saturated rings. The summed E-state index contributed by atoms with van der Waals surface area (Å²) < 4.78 is 35.1. The van der Waals surface area contributed by atoms with Gasteiger partial charge in [-0.05, 0) is 22.7 Å². The Hall–Kier alpha value is -1.16. The lowest BCUT2D eigenvalue weighted by Crippen LogP contribution is -1.96. The summed E-state index contributed by atoms with van der Waals surface area (Å²) in [5.41, 5.74) is -3.24. The fourth-order valence-electron chi connectivity index (χ4n) is 0.893. The highest BCUT2D eigenvalue weighted by molar-refractivity contribution is 8.02. The molecule has 0 nitrogen and oxygen atoms in total. The van der Waals surface area contributed by atoms with E-state index in [-0.39, 0.29) is 11.8 Å². The Kier molecular flexibility index (Phi) is 4.49. The fraction of sp³-hybridized carbons (Fsp3) is 0.0909. The molecule has 4 heteroatoms. The molecule has 0 saturated heterocycles. The number of thioether (sulfide) groups is 1. The van der Waals surface area contributed by atoms with Crippen molar-refractivity contribution in [3.63, 3.8) is 0 Å². The number of rotatable bonds is 3. The van der Waals surface area contributed by atoms with Crippen LogP contribution in [0.15, 0.2) is 47.9 Å². The second kappa shape index (κ2) is 5.66. The van der Waals surface area contributed by atoms with E-state index in [2.05, 4.69) is 0 Å². The molecular weight excluding hydrogens is 221 g/mol. The SMILES string of the molecule is FC(F)(F)S/C=C/C=C/c1ccccc1. The molecule has 0 amide bonds. The van der Waals surface area contributed by atoms with Gasteiger partial charge in [-0.15, -0.1) is 0 Å². The number of halogens is 3. The van der Waals surface area contributed by atoms with Gasteiger partial charge in [-0.1, -0.05) is 48.6 Å². The zero-order valence-corrected chi connectivity index (χ0v) is 8.55. The van der Waals surface area contributed by atoms with Gasteiger partial charge in [-0.3, -0.25) is 0 Å². The van der Waals surface area contributed by atoms with Crippen molar-refractivity contribution in [2.45, 2.75) is 5.51 Å². The molecule has 0 aliphatic heterocycles. The molecule has 0 spiro atoms. The Balaban J connectivity index is 2.41. The Bertz CT molecular complexity index is 339. The Labute approximate surface area is 90.5 Å². The second-order valence-electron chi connectivity index (χ2n) is 2.66. The molecule has 1 aromatic carbocycles. The maximum atomic E-state index is 11.7. The summed E-state index contributed by atoms with van der Waals surface area (Å²) in [6, 6.07) is 9.37. The summed E-state index contributed by atoms with van der Waals surface area (Å²) in [7, 11) is 0. The number of hydrogen-bond donors (Lipinski definition) is 0. The normalized spacial score (nSPS) is 12.7. The molecule has 1 aromatic rings. The summed E-state index contributed by atoms with van der Waals surface area (Å²) in [4.78, 5) is 0. The first kappa shape index (κ1) is 11.9.